The summed E-state index contributed by atoms with van der Waals surface area (Å²) in [6.07, 6.45) is 6.20. The molecule has 1 atom stereocenters. The quantitative estimate of drug-likeness (QED) is 0.759. The lowest BCUT2D eigenvalue weighted by atomic mass is 10.1. The lowest BCUT2D eigenvalue weighted by molar-refractivity contribution is 0.300. The zero-order valence-corrected chi connectivity index (χ0v) is 15.2. The Morgan fingerprint density at radius 2 is 2.16 bits per heavy atom. The molecule has 2 aromatic rings. The van der Waals surface area contributed by atoms with E-state index in [-0.39, 0.29) is 0 Å². The van der Waals surface area contributed by atoms with Crippen LogP contribution in [0.3, 0.4) is 0 Å². The highest BCUT2D eigenvalue weighted by atomic mass is 16.5. The summed E-state index contributed by atoms with van der Waals surface area (Å²) in [7, 11) is 0. The first-order valence-electron chi connectivity index (χ1n) is 9.38. The number of ether oxygens (including phenoxy) is 1. The predicted octanol–water partition coefficient (Wildman–Crippen LogP) is 3.48. The van der Waals surface area contributed by atoms with E-state index in [1.807, 2.05) is 30.5 Å². The summed E-state index contributed by atoms with van der Waals surface area (Å²) < 4.78 is 6.01. The zero-order valence-electron chi connectivity index (χ0n) is 15.2. The first-order valence-corrected chi connectivity index (χ1v) is 9.38. The van der Waals surface area contributed by atoms with Crippen molar-refractivity contribution in [2.24, 2.45) is 5.92 Å². The number of nitrogens with one attached hydrogen (secondary N) is 1. The van der Waals surface area contributed by atoms with Gasteiger partial charge >= 0.3 is 0 Å². The summed E-state index contributed by atoms with van der Waals surface area (Å²) in [5.41, 5.74) is 2.31. The molecule has 0 saturated carbocycles. The van der Waals surface area contributed by atoms with Crippen molar-refractivity contribution in [2.45, 2.75) is 32.9 Å². The molecule has 134 valence electrons. The van der Waals surface area contributed by atoms with E-state index in [1.54, 1.807) is 6.20 Å². The van der Waals surface area contributed by atoms with Crippen LogP contribution in [0.2, 0.25) is 0 Å². The molecule has 4 nitrogen and oxygen atoms in total. The van der Waals surface area contributed by atoms with Crippen LogP contribution < -0.4 is 10.1 Å². The van der Waals surface area contributed by atoms with E-state index in [0.29, 0.717) is 6.61 Å². The highest BCUT2D eigenvalue weighted by Gasteiger charge is 2.21. The molecule has 0 amide bonds. The second kappa shape index (κ2) is 9.54. The average molecular weight is 339 g/mol. The highest BCUT2D eigenvalue weighted by molar-refractivity contribution is 5.33. The van der Waals surface area contributed by atoms with Gasteiger partial charge in [-0.1, -0.05) is 31.2 Å². The van der Waals surface area contributed by atoms with Crippen LogP contribution in [0.5, 0.6) is 5.75 Å². The number of benzene rings is 1. The van der Waals surface area contributed by atoms with Crippen molar-refractivity contribution in [3.05, 3.63) is 59.9 Å². The first-order chi connectivity index (χ1) is 12.3. The molecule has 0 bridgehead atoms. The minimum Gasteiger partial charge on any atom is -0.489 e. The van der Waals surface area contributed by atoms with Gasteiger partial charge in [-0.2, -0.15) is 0 Å². The van der Waals surface area contributed by atoms with Crippen LogP contribution in [0, 0.1) is 5.92 Å². The Bertz CT molecular complexity index is 632. The number of para-hydroxylation sites is 1. The molecule has 0 radical (unpaired) electrons. The van der Waals surface area contributed by atoms with Gasteiger partial charge in [0.2, 0.25) is 0 Å². The van der Waals surface area contributed by atoms with E-state index in [0.717, 1.165) is 30.3 Å². The van der Waals surface area contributed by atoms with Crippen LogP contribution in [0.25, 0.3) is 0 Å². The number of hydrogen-bond donors (Lipinski definition) is 1. The van der Waals surface area contributed by atoms with Gasteiger partial charge in [0.25, 0.3) is 0 Å². The minimum atomic E-state index is 0.555. The van der Waals surface area contributed by atoms with E-state index < -0.39 is 0 Å². The summed E-state index contributed by atoms with van der Waals surface area (Å²) in [6.45, 7) is 8.48. The van der Waals surface area contributed by atoms with E-state index >= 15 is 0 Å². The summed E-state index contributed by atoms with van der Waals surface area (Å²) in [4.78, 5) is 6.72. The molecule has 1 N–H and O–H groups in total. The van der Waals surface area contributed by atoms with Crippen molar-refractivity contribution >= 4 is 0 Å². The zero-order chi connectivity index (χ0) is 17.3. The van der Waals surface area contributed by atoms with Gasteiger partial charge in [-0.15, -0.1) is 0 Å². The Morgan fingerprint density at radius 3 is 3.00 bits per heavy atom. The summed E-state index contributed by atoms with van der Waals surface area (Å²) >= 11 is 0. The van der Waals surface area contributed by atoms with Crippen molar-refractivity contribution < 1.29 is 4.74 Å². The molecule has 1 aliphatic heterocycles. The molecule has 2 heterocycles. The smallest absolute Gasteiger partial charge is 0.124 e. The maximum absolute atomic E-state index is 6.01. The Morgan fingerprint density at radius 1 is 1.24 bits per heavy atom. The molecule has 25 heavy (non-hydrogen) atoms. The Hall–Kier alpha value is -1.91. The van der Waals surface area contributed by atoms with Crippen LogP contribution in [-0.4, -0.2) is 36.1 Å². The lowest BCUT2D eigenvalue weighted by Crippen LogP contribution is -2.26. The number of pyridine rings is 1. The molecule has 1 saturated heterocycles. The Balaban J connectivity index is 1.46. The first kappa shape index (κ1) is 17.9. The van der Waals surface area contributed by atoms with Crippen molar-refractivity contribution in [1.29, 1.82) is 0 Å². The molecular formula is C21H29N3O. The van der Waals surface area contributed by atoms with Crippen LogP contribution in [0.15, 0.2) is 48.8 Å². The largest absolute Gasteiger partial charge is 0.489 e. The van der Waals surface area contributed by atoms with Crippen LogP contribution in [-0.2, 0) is 13.2 Å². The van der Waals surface area contributed by atoms with Gasteiger partial charge in [0.1, 0.15) is 12.4 Å². The molecule has 1 aromatic carbocycles. The maximum atomic E-state index is 6.01. The second-order valence-corrected chi connectivity index (χ2v) is 6.84. The van der Waals surface area contributed by atoms with Gasteiger partial charge in [0, 0.05) is 36.6 Å². The third-order valence-corrected chi connectivity index (χ3v) is 4.75. The summed E-state index contributed by atoms with van der Waals surface area (Å²) in [5, 5.41) is 3.63. The molecule has 0 spiro atoms. The van der Waals surface area contributed by atoms with Gasteiger partial charge in [-0.25, -0.2) is 0 Å². The lowest BCUT2D eigenvalue weighted by Gasteiger charge is -2.16. The van der Waals surface area contributed by atoms with Crippen molar-refractivity contribution in [2.75, 3.05) is 26.2 Å². The van der Waals surface area contributed by atoms with Crippen LogP contribution in [0.1, 0.15) is 30.9 Å². The summed E-state index contributed by atoms with van der Waals surface area (Å²) in [5.74, 6) is 1.73. The highest BCUT2D eigenvalue weighted by Crippen LogP contribution is 2.20. The fourth-order valence-electron chi connectivity index (χ4n) is 3.45. The fourth-order valence-corrected chi connectivity index (χ4v) is 3.45. The van der Waals surface area contributed by atoms with Crippen LogP contribution >= 0.6 is 0 Å². The number of likely N-dealkylation sites (tertiary alicyclic amines) is 1. The monoisotopic (exact) mass is 339 g/mol. The molecule has 4 heteroatoms. The van der Waals surface area contributed by atoms with Gasteiger partial charge in [0.15, 0.2) is 0 Å². The predicted molar refractivity (Wildman–Crippen MR) is 102 cm³/mol. The Labute approximate surface area is 151 Å². The number of nitrogens with zero attached hydrogens (tertiary/aromatic N) is 2. The maximum Gasteiger partial charge on any atom is 0.124 e. The molecule has 3 rings (SSSR count). The molecule has 1 aliphatic rings. The standard InChI is InChI=1S/C21H29N3O/c1-2-11-24-12-9-18(16-24)13-23-15-20-7-3-4-8-21(20)25-17-19-6-5-10-22-14-19/h3-8,10,14,18,23H,2,9,11-13,15-17H2,1H3. The molecule has 0 aliphatic carbocycles. The van der Waals surface area contributed by atoms with Crippen molar-refractivity contribution in [1.82, 2.24) is 15.2 Å². The fraction of sp³-hybridized carbons (Fsp3) is 0.476. The van der Waals surface area contributed by atoms with E-state index in [4.69, 9.17) is 4.74 Å². The molecule has 1 unspecified atom stereocenters. The van der Waals surface area contributed by atoms with Gasteiger partial charge < -0.3 is 15.0 Å². The molecule has 1 aromatic heterocycles. The Kier molecular flexibility index (Phi) is 6.83. The van der Waals surface area contributed by atoms with E-state index in [1.165, 1.54) is 38.0 Å². The number of aromatic nitrogens is 1. The molecular weight excluding hydrogens is 310 g/mol. The molecule has 1 fully saturated rings. The second-order valence-electron chi connectivity index (χ2n) is 6.84. The van der Waals surface area contributed by atoms with E-state index in [2.05, 4.69) is 34.3 Å². The average Bonchev–Trinajstić information content (AvgIpc) is 3.09. The van der Waals surface area contributed by atoms with Gasteiger partial charge in [-0.05, 0) is 50.5 Å². The minimum absolute atomic E-state index is 0.555. The SMILES string of the molecule is CCCN1CCC(CNCc2ccccc2OCc2cccnc2)C1. The third-order valence-electron chi connectivity index (χ3n) is 4.75. The van der Waals surface area contributed by atoms with Crippen molar-refractivity contribution in [3.63, 3.8) is 0 Å². The normalized spacial score (nSPS) is 17.7. The third kappa shape index (κ3) is 5.55. The van der Waals surface area contributed by atoms with Crippen LogP contribution in [0.4, 0.5) is 0 Å². The number of rotatable bonds is 9. The van der Waals surface area contributed by atoms with E-state index in [9.17, 15) is 0 Å². The van der Waals surface area contributed by atoms with Gasteiger partial charge in [-0.3, -0.25) is 4.98 Å². The number of hydrogen-bond acceptors (Lipinski definition) is 4. The summed E-state index contributed by atoms with van der Waals surface area (Å²) in [6, 6.07) is 12.3. The topological polar surface area (TPSA) is 37.4 Å². The van der Waals surface area contributed by atoms with Crippen molar-refractivity contribution in [3.8, 4) is 5.75 Å². The van der Waals surface area contributed by atoms with Gasteiger partial charge in [0.05, 0.1) is 0 Å².